The molecule has 0 aromatic heterocycles. The van der Waals surface area contributed by atoms with E-state index in [2.05, 4.69) is 11.4 Å². The predicted octanol–water partition coefficient (Wildman–Crippen LogP) is 2.61. The molecule has 122 valence electrons. The fourth-order valence-electron chi connectivity index (χ4n) is 1.93. The molecule has 1 aromatic rings. The van der Waals surface area contributed by atoms with Gasteiger partial charge in [0.15, 0.2) is 0 Å². The molecule has 22 heavy (non-hydrogen) atoms. The van der Waals surface area contributed by atoms with Crippen molar-refractivity contribution in [2.75, 3.05) is 6.61 Å². The Hall–Kier alpha value is -2.04. The normalized spacial score (nSPS) is 12.6. The second-order valence-corrected chi connectivity index (χ2v) is 6.41. The largest absolute Gasteiger partial charge is 0.492 e. The molecule has 1 aromatic carbocycles. The fraction of sp³-hybridized carbons (Fsp3) is 0.529. The first kappa shape index (κ1) is 18.0. The summed E-state index contributed by atoms with van der Waals surface area (Å²) in [4.78, 5) is 23.0. The van der Waals surface area contributed by atoms with Crippen molar-refractivity contribution in [2.24, 2.45) is 5.41 Å². The summed E-state index contributed by atoms with van der Waals surface area (Å²) in [5, 5.41) is 11.3. The van der Waals surface area contributed by atoms with E-state index in [0.717, 1.165) is 22.4 Å². The van der Waals surface area contributed by atoms with Crippen LogP contribution < -0.4 is 10.1 Å². The van der Waals surface area contributed by atoms with Gasteiger partial charge in [-0.25, -0.2) is 0 Å². The quantitative estimate of drug-likeness (QED) is 0.847. The molecule has 5 nitrogen and oxygen atoms in total. The average Bonchev–Trinajstić information content (AvgIpc) is 2.40. The molecule has 1 amide bonds. The number of benzene rings is 1. The number of hydrogen-bond acceptors (Lipinski definition) is 3. The average molecular weight is 307 g/mol. The van der Waals surface area contributed by atoms with E-state index < -0.39 is 17.4 Å². The maximum atomic E-state index is 12.2. The van der Waals surface area contributed by atoms with Crippen LogP contribution in [0.15, 0.2) is 12.1 Å². The first-order valence-corrected chi connectivity index (χ1v) is 7.29. The maximum Gasteiger partial charge on any atom is 0.325 e. The van der Waals surface area contributed by atoms with Gasteiger partial charge in [0.1, 0.15) is 18.4 Å². The summed E-state index contributed by atoms with van der Waals surface area (Å²) in [7, 11) is 0. The van der Waals surface area contributed by atoms with E-state index in [1.807, 2.05) is 26.8 Å². The number of carbonyl (C=O) groups is 2. The lowest BCUT2D eigenvalue weighted by Crippen LogP contribution is -2.47. The molecular weight excluding hydrogens is 282 g/mol. The van der Waals surface area contributed by atoms with Crippen LogP contribution in [0.5, 0.6) is 5.75 Å². The third kappa shape index (κ3) is 4.48. The van der Waals surface area contributed by atoms with Crippen molar-refractivity contribution in [1.29, 1.82) is 0 Å². The van der Waals surface area contributed by atoms with Crippen LogP contribution in [0.1, 0.15) is 37.5 Å². The third-order valence-corrected chi connectivity index (χ3v) is 3.69. The minimum Gasteiger partial charge on any atom is -0.492 e. The van der Waals surface area contributed by atoms with Crippen molar-refractivity contribution in [3.63, 3.8) is 0 Å². The lowest BCUT2D eigenvalue weighted by Gasteiger charge is -2.25. The van der Waals surface area contributed by atoms with Crippen molar-refractivity contribution >= 4 is 11.9 Å². The van der Waals surface area contributed by atoms with Crippen LogP contribution in [-0.4, -0.2) is 29.6 Å². The van der Waals surface area contributed by atoms with E-state index in [4.69, 9.17) is 9.84 Å². The van der Waals surface area contributed by atoms with Gasteiger partial charge in [-0.05, 0) is 64.3 Å². The van der Waals surface area contributed by atoms with E-state index in [-0.39, 0.29) is 12.5 Å². The number of amides is 1. The van der Waals surface area contributed by atoms with E-state index in [1.54, 1.807) is 13.8 Å². The highest BCUT2D eigenvalue weighted by atomic mass is 16.5. The molecule has 1 atom stereocenters. The SMILES string of the molecule is Cc1cc(C)c(C)c(OCC(C)(C)C(=O)NC(C)C(=O)O)c1. The second kappa shape index (κ2) is 6.81. The predicted molar refractivity (Wildman–Crippen MR) is 85.2 cm³/mol. The van der Waals surface area contributed by atoms with Gasteiger partial charge in [0.25, 0.3) is 0 Å². The van der Waals surface area contributed by atoms with Gasteiger partial charge in [0.2, 0.25) is 5.91 Å². The summed E-state index contributed by atoms with van der Waals surface area (Å²) in [5.74, 6) is -0.649. The molecule has 0 saturated heterocycles. The monoisotopic (exact) mass is 307 g/mol. The molecule has 0 heterocycles. The van der Waals surface area contributed by atoms with Gasteiger partial charge in [-0.1, -0.05) is 6.07 Å². The minimum absolute atomic E-state index is 0.176. The summed E-state index contributed by atoms with van der Waals surface area (Å²) in [6.45, 7) is 11.1. The smallest absolute Gasteiger partial charge is 0.325 e. The van der Waals surface area contributed by atoms with E-state index in [0.29, 0.717) is 0 Å². The lowest BCUT2D eigenvalue weighted by atomic mass is 9.93. The number of aliphatic carboxylic acids is 1. The molecule has 5 heteroatoms. The standard InChI is InChI=1S/C17H25NO4/c1-10-7-11(2)12(3)14(8-10)22-9-17(5,6)16(21)18-13(4)15(19)20/h7-8,13H,9H2,1-6H3,(H,18,21)(H,19,20). The highest BCUT2D eigenvalue weighted by molar-refractivity contribution is 5.86. The lowest BCUT2D eigenvalue weighted by molar-refractivity contribution is -0.143. The zero-order valence-corrected chi connectivity index (χ0v) is 14.1. The van der Waals surface area contributed by atoms with Crippen molar-refractivity contribution in [1.82, 2.24) is 5.32 Å². The van der Waals surface area contributed by atoms with Crippen LogP contribution in [0, 0.1) is 26.2 Å². The number of rotatable bonds is 6. The zero-order chi connectivity index (χ0) is 17.1. The molecule has 0 saturated carbocycles. The highest BCUT2D eigenvalue weighted by Crippen LogP contribution is 2.26. The van der Waals surface area contributed by atoms with Gasteiger partial charge < -0.3 is 15.2 Å². The zero-order valence-electron chi connectivity index (χ0n) is 14.1. The van der Waals surface area contributed by atoms with Crippen molar-refractivity contribution in [3.05, 3.63) is 28.8 Å². The summed E-state index contributed by atoms with van der Waals surface area (Å²) in [6, 6.07) is 3.10. The molecule has 0 fully saturated rings. The number of nitrogens with one attached hydrogen (secondary N) is 1. The Bertz CT molecular complexity index is 578. The van der Waals surface area contributed by atoms with Crippen LogP contribution in [0.4, 0.5) is 0 Å². The number of ether oxygens (including phenoxy) is 1. The van der Waals surface area contributed by atoms with Gasteiger partial charge in [0, 0.05) is 0 Å². The van der Waals surface area contributed by atoms with E-state index in [1.165, 1.54) is 6.92 Å². The van der Waals surface area contributed by atoms with E-state index >= 15 is 0 Å². The Morgan fingerprint density at radius 3 is 2.41 bits per heavy atom. The number of hydrogen-bond donors (Lipinski definition) is 2. The molecular formula is C17H25NO4. The van der Waals surface area contributed by atoms with Crippen LogP contribution >= 0.6 is 0 Å². The molecule has 0 bridgehead atoms. The maximum absolute atomic E-state index is 12.2. The molecule has 0 aliphatic heterocycles. The van der Waals surface area contributed by atoms with Crippen LogP contribution in [0.25, 0.3) is 0 Å². The van der Waals surface area contributed by atoms with Crippen molar-refractivity contribution in [2.45, 2.75) is 47.6 Å². The van der Waals surface area contributed by atoms with Crippen molar-refractivity contribution < 1.29 is 19.4 Å². The molecule has 0 aliphatic rings. The van der Waals surface area contributed by atoms with Gasteiger partial charge in [-0.3, -0.25) is 9.59 Å². The van der Waals surface area contributed by atoms with Crippen molar-refractivity contribution in [3.8, 4) is 5.75 Å². The molecule has 0 radical (unpaired) electrons. The number of carboxylic acid groups (broad SMARTS) is 1. The van der Waals surface area contributed by atoms with Crippen LogP contribution in [0.3, 0.4) is 0 Å². The highest BCUT2D eigenvalue weighted by Gasteiger charge is 2.31. The van der Waals surface area contributed by atoms with Gasteiger partial charge in [-0.15, -0.1) is 0 Å². The Balaban J connectivity index is 2.77. The Morgan fingerprint density at radius 1 is 1.27 bits per heavy atom. The molecule has 1 rings (SSSR count). The van der Waals surface area contributed by atoms with Gasteiger partial charge in [-0.2, -0.15) is 0 Å². The summed E-state index contributed by atoms with van der Waals surface area (Å²) in [5.41, 5.74) is 2.45. The van der Waals surface area contributed by atoms with Gasteiger partial charge >= 0.3 is 5.97 Å². The van der Waals surface area contributed by atoms with Crippen LogP contribution in [-0.2, 0) is 9.59 Å². The number of carbonyl (C=O) groups excluding carboxylic acids is 1. The summed E-state index contributed by atoms with van der Waals surface area (Å²) in [6.07, 6.45) is 0. The summed E-state index contributed by atoms with van der Waals surface area (Å²) >= 11 is 0. The van der Waals surface area contributed by atoms with Crippen LogP contribution in [0.2, 0.25) is 0 Å². The molecule has 0 aliphatic carbocycles. The van der Waals surface area contributed by atoms with Gasteiger partial charge in [0.05, 0.1) is 5.41 Å². The first-order valence-electron chi connectivity index (χ1n) is 7.29. The fourth-order valence-corrected chi connectivity index (χ4v) is 1.93. The Kier molecular flexibility index (Phi) is 5.58. The Labute approximate surface area is 131 Å². The second-order valence-electron chi connectivity index (χ2n) is 6.41. The molecule has 1 unspecified atom stereocenters. The van der Waals surface area contributed by atoms with E-state index in [9.17, 15) is 9.59 Å². The number of aryl methyl sites for hydroxylation is 2. The molecule has 0 spiro atoms. The minimum atomic E-state index is -1.06. The number of carboxylic acids is 1. The third-order valence-electron chi connectivity index (χ3n) is 3.69. The summed E-state index contributed by atoms with van der Waals surface area (Å²) < 4.78 is 5.82. The topological polar surface area (TPSA) is 75.6 Å². The molecule has 2 N–H and O–H groups in total. The Morgan fingerprint density at radius 2 is 1.86 bits per heavy atom. The first-order chi connectivity index (χ1) is 10.0.